The van der Waals surface area contributed by atoms with E-state index in [2.05, 4.69) is 240 Å². The quantitative estimate of drug-likeness (QED) is 0.161. The van der Waals surface area contributed by atoms with E-state index in [0.29, 0.717) is 0 Å². The van der Waals surface area contributed by atoms with Crippen molar-refractivity contribution in [1.29, 1.82) is 0 Å². The van der Waals surface area contributed by atoms with E-state index in [9.17, 15) is 0 Å². The summed E-state index contributed by atoms with van der Waals surface area (Å²) in [6.07, 6.45) is 0. The average Bonchev–Trinajstić information content (AvgIpc) is 3.90. The molecule has 0 aliphatic heterocycles. The zero-order chi connectivity index (χ0) is 40.3. The van der Waals surface area contributed by atoms with Gasteiger partial charge in [-0.15, -0.1) is 0 Å². The molecule has 12 aromatic rings. The van der Waals surface area contributed by atoms with Crippen LogP contribution in [0.15, 0.2) is 235 Å². The number of furan rings is 1. The smallest absolute Gasteiger partial charge is 0.145 e. The second-order valence-electron chi connectivity index (χ2n) is 15.7. The zero-order valence-electron chi connectivity index (χ0n) is 33.2. The molecular formula is C58H38N2O. The van der Waals surface area contributed by atoms with Crippen LogP contribution >= 0.6 is 0 Å². The molecule has 286 valence electrons. The molecule has 0 atom stereocenters. The molecule has 0 N–H and O–H groups in total. The number of hydrogen-bond acceptors (Lipinski definition) is 2. The first-order valence-electron chi connectivity index (χ1n) is 20.8. The number of anilines is 3. The van der Waals surface area contributed by atoms with Crippen LogP contribution in [-0.2, 0) is 0 Å². The molecule has 3 nitrogen and oxygen atoms in total. The van der Waals surface area contributed by atoms with Crippen molar-refractivity contribution < 1.29 is 4.42 Å². The van der Waals surface area contributed by atoms with Gasteiger partial charge in [-0.25, -0.2) is 0 Å². The van der Waals surface area contributed by atoms with Crippen molar-refractivity contribution in [3.63, 3.8) is 0 Å². The van der Waals surface area contributed by atoms with Gasteiger partial charge in [0.15, 0.2) is 0 Å². The molecule has 0 aliphatic carbocycles. The molecular weight excluding hydrogens is 741 g/mol. The predicted octanol–water partition coefficient (Wildman–Crippen LogP) is 16.3. The van der Waals surface area contributed by atoms with Crippen LogP contribution in [0.1, 0.15) is 0 Å². The fourth-order valence-electron chi connectivity index (χ4n) is 9.33. The summed E-state index contributed by atoms with van der Waals surface area (Å²) >= 11 is 0. The van der Waals surface area contributed by atoms with E-state index in [4.69, 9.17) is 4.42 Å². The lowest BCUT2D eigenvalue weighted by molar-refractivity contribution is 0.670. The van der Waals surface area contributed by atoms with Crippen molar-refractivity contribution in [3.05, 3.63) is 231 Å². The summed E-state index contributed by atoms with van der Waals surface area (Å²) in [5.41, 5.74) is 15.2. The summed E-state index contributed by atoms with van der Waals surface area (Å²) in [7, 11) is 0. The van der Waals surface area contributed by atoms with Gasteiger partial charge in [-0.3, -0.25) is 0 Å². The summed E-state index contributed by atoms with van der Waals surface area (Å²) < 4.78 is 9.50. The van der Waals surface area contributed by atoms with E-state index in [0.717, 1.165) is 66.7 Å². The van der Waals surface area contributed by atoms with E-state index in [1.54, 1.807) is 0 Å². The zero-order valence-corrected chi connectivity index (χ0v) is 33.2. The van der Waals surface area contributed by atoms with Gasteiger partial charge in [0.05, 0.1) is 22.1 Å². The van der Waals surface area contributed by atoms with Gasteiger partial charge in [0.2, 0.25) is 0 Å². The molecule has 0 unspecified atom stereocenters. The molecule has 12 rings (SSSR count). The summed E-state index contributed by atoms with van der Waals surface area (Å²) in [5.74, 6) is 0. The van der Waals surface area contributed by atoms with Crippen LogP contribution in [0.25, 0.3) is 93.6 Å². The van der Waals surface area contributed by atoms with Crippen molar-refractivity contribution in [2.45, 2.75) is 0 Å². The predicted molar refractivity (Wildman–Crippen MR) is 257 cm³/mol. The van der Waals surface area contributed by atoms with Crippen LogP contribution in [0.3, 0.4) is 0 Å². The van der Waals surface area contributed by atoms with Crippen molar-refractivity contribution in [2.75, 3.05) is 4.90 Å². The monoisotopic (exact) mass is 778 g/mol. The van der Waals surface area contributed by atoms with E-state index < -0.39 is 0 Å². The minimum absolute atomic E-state index is 0.859. The van der Waals surface area contributed by atoms with E-state index >= 15 is 0 Å². The lowest BCUT2D eigenvalue weighted by atomic mass is 9.96. The Morgan fingerprint density at radius 3 is 1.57 bits per heavy atom. The molecule has 2 aromatic heterocycles. The highest BCUT2D eigenvalue weighted by Crippen LogP contribution is 2.48. The number of nitrogens with zero attached hydrogens (tertiary/aromatic N) is 2. The van der Waals surface area contributed by atoms with Gasteiger partial charge in [0, 0.05) is 38.8 Å². The Morgan fingerprint density at radius 1 is 0.361 bits per heavy atom. The summed E-state index contributed by atoms with van der Waals surface area (Å²) in [6.45, 7) is 0. The largest absolute Gasteiger partial charge is 0.455 e. The summed E-state index contributed by atoms with van der Waals surface area (Å²) in [4.78, 5) is 2.39. The van der Waals surface area contributed by atoms with Gasteiger partial charge in [-0.2, -0.15) is 0 Å². The fourth-order valence-corrected chi connectivity index (χ4v) is 9.33. The number of rotatable bonds is 7. The molecule has 0 radical (unpaired) electrons. The van der Waals surface area contributed by atoms with Crippen molar-refractivity contribution in [1.82, 2.24) is 4.57 Å². The molecule has 10 aromatic carbocycles. The molecule has 3 heteroatoms. The van der Waals surface area contributed by atoms with Crippen LogP contribution in [-0.4, -0.2) is 4.57 Å². The van der Waals surface area contributed by atoms with Gasteiger partial charge >= 0.3 is 0 Å². The molecule has 0 saturated heterocycles. The van der Waals surface area contributed by atoms with Crippen LogP contribution in [0.2, 0.25) is 0 Å². The van der Waals surface area contributed by atoms with Crippen molar-refractivity contribution in [2.24, 2.45) is 0 Å². The third-order valence-corrected chi connectivity index (χ3v) is 12.2. The normalized spacial score (nSPS) is 11.6. The highest BCUT2D eigenvalue weighted by molar-refractivity contribution is 6.25. The summed E-state index contributed by atoms with van der Waals surface area (Å²) in [5, 5.41) is 6.97. The van der Waals surface area contributed by atoms with Crippen LogP contribution < -0.4 is 4.90 Å². The second kappa shape index (κ2) is 14.3. The lowest BCUT2D eigenvalue weighted by Gasteiger charge is -2.27. The maximum absolute atomic E-state index is 7.11. The first kappa shape index (κ1) is 34.9. The standard InChI is InChI=1S/C58H38N2O/c1-4-14-39(15-5-1)41-24-30-46(31-25-41)59(47-32-26-42(27-33-47)40-16-6-2-7-17-40)53-36-35-49(58-57(53)56-48-21-11-10-18-43(48)29-37-55(56)61-58)44-28-34-51-50-22-12-13-23-52(50)60(54(51)38-44)45-19-8-3-9-20-45/h1-38H. The third-order valence-electron chi connectivity index (χ3n) is 12.2. The Bertz CT molecular complexity index is 3470. The Morgan fingerprint density at radius 2 is 0.902 bits per heavy atom. The second-order valence-corrected chi connectivity index (χ2v) is 15.7. The van der Waals surface area contributed by atoms with Gasteiger partial charge in [-0.05, 0) is 105 Å². The molecule has 61 heavy (non-hydrogen) atoms. The van der Waals surface area contributed by atoms with Gasteiger partial charge < -0.3 is 13.9 Å². The topological polar surface area (TPSA) is 21.3 Å². The molecule has 0 spiro atoms. The van der Waals surface area contributed by atoms with Crippen LogP contribution in [0, 0.1) is 0 Å². The third kappa shape index (κ3) is 5.82. The van der Waals surface area contributed by atoms with E-state index in [1.165, 1.54) is 43.9 Å². The minimum atomic E-state index is 0.859. The first-order valence-corrected chi connectivity index (χ1v) is 20.8. The summed E-state index contributed by atoms with van der Waals surface area (Å²) in [6, 6.07) is 82.7. The fraction of sp³-hybridized carbons (Fsp3) is 0. The van der Waals surface area contributed by atoms with Gasteiger partial charge in [0.1, 0.15) is 11.2 Å². The first-order chi connectivity index (χ1) is 30.3. The number of benzene rings is 10. The van der Waals surface area contributed by atoms with Gasteiger partial charge in [-0.1, -0.05) is 164 Å². The lowest BCUT2D eigenvalue weighted by Crippen LogP contribution is -2.10. The maximum Gasteiger partial charge on any atom is 0.145 e. The van der Waals surface area contributed by atoms with Crippen molar-refractivity contribution >= 4 is 71.6 Å². The SMILES string of the molecule is c1ccc(-c2ccc(N(c3ccc(-c4ccccc4)cc3)c3ccc(-c4ccc5c6ccccc6n(-c6ccccc6)c5c4)c4oc5ccc6ccccc6c5c34)cc2)cc1. The Labute approximate surface area is 353 Å². The molecule has 0 bridgehead atoms. The van der Waals surface area contributed by atoms with E-state index in [-0.39, 0.29) is 0 Å². The van der Waals surface area contributed by atoms with Crippen LogP contribution in [0.5, 0.6) is 0 Å². The number of hydrogen-bond donors (Lipinski definition) is 0. The number of fused-ring (bicyclic) bond motifs is 8. The van der Waals surface area contributed by atoms with Crippen molar-refractivity contribution in [3.8, 4) is 39.1 Å². The Balaban J connectivity index is 1.12. The molecule has 0 saturated carbocycles. The Kier molecular flexibility index (Phi) is 8.17. The molecule has 0 amide bonds. The number of para-hydroxylation sites is 2. The maximum atomic E-state index is 7.11. The molecule has 2 heterocycles. The number of aromatic nitrogens is 1. The highest BCUT2D eigenvalue weighted by Gasteiger charge is 2.24. The minimum Gasteiger partial charge on any atom is -0.455 e. The highest BCUT2D eigenvalue weighted by atomic mass is 16.3. The van der Waals surface area contributed by atoms with Crippen LogP contribution in [0.4, 0.5) is 17.1 Å². The Hall–Kier alpha value is -8.14. The molecule has 0 fully saturated rings. The van der Waals surface area contributed by atoms with E-state index in [1.807, 2.05) is 0 Å². The average molecular weight is 779 g/mol. The molecule has 0 aliphatic rings. The van der Waals surface area contributed by atoms with Gasteiger partial charge in [0.25, 0.3) is 0 Å².